The van der Waals surface area contributed by atoms with Gasteiger partial charge in [-0.25, -0.2) is 4.39 Å². The molecule has 0 saturated carbocycles. The Morgan fingerprint density at radius 3 is 2.16 bits per heavy atom. The molecule has 0 amide bonds. The molecule has 1 aromatic heterocycles. The molecular weight excluding hydrogens is 487 g/mol. The van der Waals surface area contributed by atoms with Gasteiger partial charge in [0.25, 0.3) is 0 Å². The van der Waals surface area contributed by atoms with Crippen LogP contribution in [0, 0.1) is 0 Å². The van der Waals surface area contributed by atoms with Gasteiger partial charge in [0.05, 0.1) is 17.1 Å². The Labute approximate surface area is 226 Å². The molecule has 0 spiro atoms. The van der Waals surface area contributed by atoms with Crippen molar-refractivity contribution in [1.82, 2.24) is 9.97 Å². The summed E-state index contributed by atoms with van der Waals surface area (Å²) in [5.41, 5.74) is 6.81. The van der Waals surface area contributed by atoms with Crippen LogP contribution in [0.5, 0.6) is 0 Å². The number of aryl methyl sites for hydroxylation is 2. The van der Waals surface area contributed by atoms with Crippen molar-refractivity contribution in [2.45, 2.75) is 79.8 Å². The van der Waals surface area contributed by atoms with Crippen LogP contribution in [0.25, 0.3) is 0 Å². The van der Waals surface area contributed by atoms with E-state index in [1.165, 1.54) is 5.56 Å². The van der Waals surface area contributed by atoms with Crippen LogP contribution < -0.4 is 0 Å². The number of halogens is 3. The van der Waals surface area contributed by atoms with E-state index in [4.69, 9.17) is 9.15 Å². The van der Waals surface area contributed by atoms with E-state index in [2.05, 4.69) is 41.8 Å². The van der Waals surface area contributed by atoms with Gasteiger partial charge >= 0.3 is 0 Å². The molecule has 1 heterocycles. The van der Waals surface area contributed by atoms with Crippen molar-refractivity contribution >= 4 is 11.5 Å². The number of nitrogens with zero attached hydrogens (tertiary/aromatic N) is 3. The molecule has 1 aromatic carbocycles. The van der Waals surface area contributed by atoms with Crippen LogP contribution in [-0.4, -0.2) is 28.5 Å². The van der Waals surface area contributed by atoms with E-state index in [-0.39, 0.29) is 5.78 Å². The molecule has 1 aliphatic carbocycles. The van der Waals surface area contributed by atoms with Crippen LogP contribution in [0.2, 0.25) is 0 Å². The van der Waals surface area contributed by atoms with Crippen LogP contribution in [0.3, 0.4) is 0 Å². The van der Waals surface area contributed by atoms with Crippen LogP contribution in [0.1, 0.15) is 82.8 Å². The van der Waals surface area contributed by atoms with Crippen molar-refractivity contribution in [2.24, 2.45) is 4.99 Å². The topological polar surface area (TPSA) is 55.2 Å². The number of Topliss-reactive ketones (excluding diaryl/α,β-unsaturated/α-hetero) is 1. The highest BCUT2D eigenvalue weighted by atomic mass is 20.0. The Bertz CT molecular complexity index is 1050. The summed E-state index contributed by atoms with van der Waals surface area (Å²) < 4.78 is 28.4. The normalized spacial score (nSPS) is 14.3. The zero-order chi connectivity index (χ0) is 28.9. The summed E-state index contributed by atoms with van der Waals surface area (Å²) >= 11 is 0. The third-order valence-electron chi connectivity index (χ3n) is 5.52. The summed E-state index contributed by atoms with van der Waals surface area (Å²) in [5, 5.41) is 0. The first-order valence-corrected chi connectivity index (χ1v) is 13.0. The van der Waals surface area contributed by atoms with Gasteiger partial charge in [0.2, 0.25) is 0 Å². The van der Waals surface area contributed by atoms with E-state index in [0.29, 0.717) is 12.3 Å². The molecule has 0 unspecified atom stereocenters. The Balaban J connectivity index is 0.000000651. The smallest absolute Gasteiger partial charge is 0.156 e. The number of carbonyl (C=O) groups excluding carboxylic acids is 1. The predicted octanol–water partition coefficient (Wildman–Crippen LogP) is 8.59. The highest BCUT2D eigenvalue weighted by molar-refractivity contribution is 6.12. The first-order chi connectivity index (χ1) is 18.4. The van der Waals surface area contributed by atoms with Crippen molar-refractivity contribution in [1.29, 1.82) is 0 Å². The Morgan fingerprint density at radius 1 is 1.05 bits per heavy atom. The minimum absolute atomic E-state index is 0.138. The van der Waals surface area contributed by atoms with Crippen LogP contribution in [-0.2, 0) is 24.3 Å². The molecule has 0 bridgehead atoms. The van der Waals surface area contributed by atoms with E-state index in [1.54, 1.807) is 14.0 Å². The van der Waals surface area contributed by atoms with Gasteiger partial charge in [0.15, 0.2) is 5.78 Å². The van der Waals surface area contributed by atoms with Crippen LogP contribution in [0.15, 0.2) is 77.1 Å². The second kappa shape index (κ2) is 20.7. The fourth-order valence-corrected chi connectivity index (χ4v) is 3.41. The summed E-state index contributed by atoms with van der Waals surface area (Å²) in [6.07, 6.45) is 15.1. The molecular formula is C31H42F3N3O. The van der Waals surface area contributed by atoms with Crippen molar-refractivity contribution in [3.8, 4) is 0 Å². The molecule has 0 N–H and O–H groups in total. The third kappa shape index (κ3) is 12.7. The lowest BCUT2D eigenvalue weighted by Gasteiger charge is -2.05. The summed E-state index contributed by atoms with van der Waals surface area (Å²) in [7, 11) is 1.77. The maximum absolute atomic E-state index is 12.4. The largest absolute Gasteiger partial charge is 0.295 e. The Morgan fingerprint density at radius 2 is 1.68 bits per heavy atom. The molecule has 2 aromatic rings. The van der Waals surface area contributed by atoms with Gasteiger partial charge in [-0.1, -0.05) is 71.0 Å². The summed E-state index contributed by atoms with van der Waals surface area (Å²) in [5.74, 6) is 0.550. The monoisotopic (exact) mass is 529 g/mol. The van der Waals surface area contributed by atoms with Gasteiger partial charge in [-0.15, -0.1) is 0 Å². The number of aromatic nitrogens is 2. The highest BCUT2D eigenvalue weighted by Crippen LogP contribution is 2.16. The second-order valence-electron chi connectivity index (χ2n) is 8.55. The van der Waals surface area contributed by atoms with Crippen molar-refractivity contribution in [3.63, 3.8) is 0 Å². The first-order valence-electron chi connectivity index (χ1n) is 13.0. The number of carbonyl (C=O) groups is 1. The van der Waals surface area contributed by atoms with Gasteiger partial charge in [-0.3, -0.25) is 19.8 Å². The molecule has 1 aliphatic rings. The minimum atomic E-state index is -0.400. The average Bonchev–Trinajstić information content (AvgIpc) is 3.17. The molecule has 208 valence electrons. The Kier molecular flexibility index (Phi) is 18.9. The first kappa shape index (κ1) is 34.6. The maximum atomic E-state index is 12.4. The molecule has 0 fully saturated rings. The van der Waals surface area contributed by atoms with Gasteiger partial charge in [-0.05, 0) is 73.0 Å². The molecule has 0 radical (unpaired) electrons. The van der Waals surface area contributed by atoms with Crippen molar-refractivity contribution in [3.05, 3.63) is 94.6 Å². The zero-order valence-corrected chi connectivity index (χ0v) is 23.8. The third-order valence-corrected chi connectivity index (χ3v) is 5.52. The number of rotatable bonds is 7. The summed E-state index contributed by atoms with van der Waals surface area (Å²) in [6.45, 7) is 11.5. The number of aliphatic imine (C=N–C) groups is 1. The van der Waals surface area contributed by atoms with E-state index < -0.39 is 6.67 Å². The SMILES string of the molecule is CC.CC(C)c1cnc(CCc2ccc(CF)cc2)cn1.CC/C=C1/C=C(C(C)=O)CC=CC1=NC.FF. The van der Waals surface area contributed by atoms with E-state index in [1.807, 2.05) is 68.7 Å². The lowest BCUT2D eigenvalue weighted by Crippen LogP contribution is -1.99. The zero-order valence-electron chi connectivity index (χ0n) is 23.8. The lowest BCUT2D eigenvalue weighted by atomic mass is 10.0. The molecule has 3 rings (SSSR count). The molecule has 0 saturated heterocycles. The average molecular weight is 530 g/mol. The van der Waals surface area contributed by atoms with Crippen molar-refractivity contribution in [2.75, 3.05) is 7.05 Å². The number of alkyl halides is 1. The number of hydrogen-bond donors (Lipinski definition) is 0. The minimum Gasteiger partial charge on any atom is -0.295 e. The predicted molar refractivity (Wildman–Crippen MR) is 153 cm³/mol. The second-order valence-corrected chi connectivity index (χ2v) is 8.55. The van der Waals surface area contributed by atoms with Crippen LogP contribution >= 0.6 is 0 Å². The number of hydrogen-bond acceptors (Lipinski definition) is 4. The van der Waals surface area contributed by atoms with E-state index >= 15 is 0 Å². The van der Waals surface area contributed by atoms with Gasteiger partial charge in [0, 0.05) is 28.6 Å². The number of allylic oxidation sites excluding steroid dienone is 6. The quantitative estimate of drug-likeness (QED) is 0.361. The van der Waals surface area contributed by atoms with Crippen LogP contribution in [0.4, 0.5) is 13.5 Å². The summed E-state index contributed by atoms with van der Waals surface area (Å²) in [4.78, 5) is 24.4. The van der Waals surface area contributed by atoms with Gasteiger partial charge in [-0.2, -0.15) is 0 Å². The number of benzene rings is 1. The summed E-state index contributed by atoms with van der Waals surface area (Å²) in [6, 6.07) is 7.63. The van der Waals surface area contributed by atoms with Gasteiger partial charge in [0.1, 0.15) is 6.67 Å². The molecule has 0 atom stereocenters. The van der Waals surface area contributed by atoms with Crippen molar-refractivity contribution < 1.29 is 18.3 Å². The molecule has 0 aliphatic heterocycles. The molecule has 4 nitrogen and oxygen atoms in total. The highest BCUT2D eigenvalue weighted by Gasteiger charge is 2.09. The number of ketones is 1. The lowest BCUT2D eigenvalue weighted by molar-refractivity contribution is -0.113. The van der Waals surface area contributed by atoms with Gasteiger partial charge < -0.3 is 0 Å². The standard InChI is InChI=1S/C16H19FN2.C13H17NO.C2H6.F2/c1-12(2)16-11-18-15(10-19-16)8-7-13-3-5-14(9-17)6-4-13;1-4-6-12-9-11(10(2)15)7-5-8-13(12)14-3;2*1-2/h3-6,10-12H,7-9H2,1-2H3;5-6,8-9H,4,7H2,1-3H3;1-2H3;/b;12-6-,14-13?;;. The van der Waals surface area contributed by atoms with E-state index in [9.17, 15) is 9.18 Å². The fourth-order valence-electron chi connectivity index (χ4n) is 3.41. The molecule has 7 heteroatoms. The van der Waals surface area contributed by atoms with E-state index in [0.717, 1.165) is 53.1 Å². The molecule has 38 heavy (non-hydrogen) atoms. The maximum Gasteiger partial charge on any atom is 0.156 e. The Hall–Kier alpha value is -3.35. The fraction of sp³-hybridized carbons (Fsp3) is 0.419.